The van der Waals surface area contributed by atoms with Crippen molar-refractivity contribution in [1.82, 2.24) is 19.7 Å². The van der Waals surface area contributed by atoms with Gasteiger partial charge >= 0.3 is 0 Å². The van der Waals surface area contributed by atoms with Gasteiger partial charge in [-0.25, -0.2) is 4.98 Å². The number of hydrogen-bond donors (Lipinski definition) is 0. The lowest BCUT2D eigenvalue weighted by Crippen LogP contribution is -2.02. The van der Waals surface area contributed by atoms with E-state index in [0.717, 1.165) is 39.0 Å². The molecule has 0 bridgehead atoms. The first-order valence-electron chi connectivity index (χ1n) is 10.8. The van der Waals surface area contributed by atoms with E-state index in [2.05, 4.69) is 86.5 Å². The van der Waals surface area contributed by atoms with Crippen molar-refractivity contribution in [3.8, 4) is 39.3 Å². The fourth-order valence-corrected chi connectivity index (χ4v) is 4.32. The predicted octanol–water partition coefficient (Wildman–Crippen LogP) is 6.72. The third-order valence-corrected chi connectivity index (χ3v) is 5.76. The molecule has 5 heteroatoms. The van der Waals surface area contributed by atoms with Gasteiger partial charge in [0.2, 0.25) is 0 Å². The van der Waals surface area contributed by atoms with Gasteiger partial charge in [0, 0.05) is 18.1 Å². The molecule has 6 rings (SSSR count). The van der Waals surface area contributed by atoms with Crippen LogP contribution in [0.25, 0.3) is 50.4 Å². The zero-order valence-corrected chi connectivity index (χ0v) is 18.0. The highest BCUT2D eigenvalue weighted by molar-refractivity contribution is 5.91. The second kappa shape index (κ2) is 7.88. The molecule has 0 amide bonds. The Morgan fingerprint density at radius 2 is 1.27 bits per heavy atom. The van der Waals surface area contributed by atoms with E-state index in [4.69, 9.17) is 4.42 Å². The number of para-hydroxylation sites is 2. The number of hydrogen-bond acceptors (Lipinski definition) is 4. The number of aryl methyl sites for hydroxylation is 1. The Kier molecular flexibility index (Phi) is 4.58. The molecule has 158 valence electrons. The van der Waals surface area contributed by atoms with Crippen molar-refractivity contribution in [2.45, 2.75) is 6.92 Å². The van der Waals surface area contributed by atoms with Crippen molar-refractivity contribution in [1.29, 1.82) is 0 Å². The largest absolute Gasteiger partial charge is 0.440 e. The Morgan fingerprint density at radius 1 is 0.667 bits per heavy atom. The molecule has 4 aromatic carbocycles. The molecule has 0 aliphatic rings. The minimum absolute atomic E-state index is 0.623. The summed E-state index contributed by atoms with van der Waals surface area (Å²) >= 11 is 0. The molecular formula is C28H20N4O. The second-order valence-electron chi connectivity index (χ2n) is 7.85. The Bertz CT molecular complexity index is 1510. The quantitative estimate of drug-likeness (QED) is 0.313. The third-order valence-electron chi connectivity index (χ3n) is 5.76. The Balaban J connectivity index is 1.66. The molecule has 0 N–H and O–H groups in total. The predicted molar refractivity (Wildman–Crippen MR) is 130 cm³/mol. The van der Waals surface area contributed by atoms with Crippen LogP contribution in [0.4, 0.5) is 0 Å². The summed E-state index contributed by atoms with van der Waals surface area (Å²) < 4.78 is 8.00. The van der Waals surface area contributed by atoms with Crippen molar-refractivity contribution in [2.24, 2.45) is 0 Å². The molecule has 6 aromatic rings. The molecule has 33 heavy (non-hydrogen) atoms. The smallest absolute Gasteiger partial charge is 0.192 e. The van der Waals surface area contributed by atoms with Gasteiger partial charge in [0.05, 0.1) is 11.3 Å². The second-order valence-corrected chi connectivity index (χ2v) is 7.85. The lowest BCUT2D eigenvalue weighted by molar-refractivity contribution is 0.561. The summed E-state index contributed by atoms with van der Waals surface area (Å²) in [5, 5.41) is 8.83. The summed E-state index contributed by atoms with van der Waals surface area (Å²) in [6.45, 7) is 1.85. The van der Waals surface area contributed by atoms with Crippen LogP contribution in [0, 0.1) is 6.92 Å². The first-order chi connectivity index (χ1) is 16.3. The molecule has 0 spiro atoms. The summed E-state index contributed by atoms with van der Waals surface area (Å²) in [5.74, 6) is 1.33. The Morgan fingerprint density at radius 3 is 1.94 bits per heavy atom. The van der Waals surface area contributed by atoms with Crippen molar-refractivity contribution in [2.75, 3.05) is 0 Å². The summed E-state index contributed by atoms with van der Waals surface area (Å²) in [6.07, 6.45) is 1.77. The molecule has 5 nitrogen and oxygen atoms in total. The maximum atomic E-state index is 5.95. The highest BCUT2D eigenvalue weighted by atomic mass is 16.3. The number of fused-ring (bicyclic) bond motifs is 1. The van der Waals surface area contributed by atoms with Gasteiger partial charge in [-0.05, 0) is 23.3 Å². The van der Waals surface area contributed by atoms with Crippen molar-refractivity contribution in [3.05, 3.63) is 109 Å². The number of nitrogens with zero attached hydrogens (tertiary/aromatic N) is 4. The number of aromatic nitrogens is 4. The average molecular weight is 428 g/mol. The molecule has 2 heterocycles. The maximum absolute atomic E-state index is 5.95. The average Bonchev–Trinajstić information content (AvgIpc) is 3.50. The molecule has 0 unspecified atom stereocenters. The van der Waals surface area contributed by atoms with Crippen LogP contribution >= 0.6 is 0 Å². The summed E-state index contributed by atoms with van der Waals surface area (Å²) in [6, 6.07) is 33.1. The van der Waals surface area contributed by atoms with Gasteiger partial charge < -0.3 is 4.42 Å². The zero-order valence-electron chi connectivity index (χ0n) is 18.0. The summed E-state index contributed by atoms with van der Waals surface area (Å²) in [7, 11) is 0. The van der Waals surface area contributed by atoms with E-state index in [1.165, 1.54) is 0 Å². The molecule has 0 fully saturated rings. The number of oxazole rings is 1. The molecule has 2 aromatic heterocycles. The zero-order chi connectivity index (χ0) is 22.2. The lowest BCUT2D eigenvalue weighted by Gasteiger charge is -2.18. The fourth-order valence-electron chi connectivity index (χ4n) is 4.32. The van der Waals surface area contributed by atoms with E-state index in [-0.39, 0.29) is 0 Å². The van der Waals surface area contributed by atoms with Crippen LogP contribution in [0.15, 0.2) is 108 Å². The van der Waals surface area contributed by atoms with Gasteiger partial charge in [-0.1, -0.05) is 84.9 Å². The van der Waals surface area contributed by atoms with E-state index in [9.17, 15) is 0 Å². The van der Waals surface area contributed by atoms with Crippen LogP contribution in [0.1, 0.15) is 5.89 Å². The highest BCUT2D eigenvalue weighted by Gasteiger charge is 2.20. The number of rotatable bonds is 4. The molecular weight excluding hydrogens is 408 g/mol. The third kappa shape index (κ3) is 3.31. The maximum Gasteiger partial charge on any atom is 0.192 e. The Hall–Kier alpha value is -4.51. The van der Waals surface area contributed by atoms with Gasteiger partial charge in [0.1, 0.15) is 11.8 Å². The van der Waals surface area contributed by atoms with E-state index in [1.54, 1.807) is 6.33 Å². The summed E-state index contributed by atoms with van der Waals surface area (Å²) in [4.78, 5) is 4.49. The first-order valence-corrected chi connectivity index (χ1v) is 10.8. The highest BCUT2D eigenvalue weighted by Crippen LogP contribution is 2.38. The minimum atomic E-state index is 0.623. The van der Waals surface area contributed by atoms with Crippen LogP contribution in [-0.4, -0.2) is 19.7 Å². The summed E-state index contributed by atoms with van der Waals surface area (Å²) in [5.41, 5.74) is 7.83. The van der Waals surface area contributed by atoms with Crippen LogP contribution in [-0.2, 0) is 0 Å². The molecule has 0 atom stereocenters. The van der Waals surface area contributed by atoms with E-state index in [1.807, 2.05) is 37.3 Å². The molecule has 0 aliphatic heterocycles. The van der Waals surface area contributed by atoms with Crippen LogP contribution in [0.3, 0.4) is 0 Å². The topological polar surface area (TPSA) is 56.7 Å². The minimum Gasteiger partial charge on any atom is -0.440 e. The van der Waals surface area contributed by atoms with Gasteiger partial charge in [-0.2, -0.15) is 0 Å². The van der Waals surface area contributed by atoms with E-state index < -0.39 is 0 Å². The monoisotopic (exact) mass is 428 g/mol. The van der Waals surface area contributed by atoms with Crippen molar-refractivity contribution < 1.29 is 4.42 Å². The van der Waals surface area contributed by atoms with Crippen molar-refractivity contribution in [3.63, 3.8) is 0 Å². The van der Waals surface area contributed by atoms with Crippen LogP contribution in [0.2, 0.25) is 0 Å². The molecule has 0 saturated carbocycles. The standard InChI is InChI=1S/C28H20N4O/c1-19-30-25-17-9-16-24(27(25)33-19)28-31-29-18-32(28)26-22(20-10-4-2-5-11-20)14-8-15-23(26)21-12-6-3-7-13-21/h2-18H,1H3. The lowest BCUT2D eigenvalue weighted by atomic mass is 9.95. The first kappa shape index (κ1) is 19.2. The normalized spacial score (nSPS) is 11.2. The van der Waals surface area contributed by atoms with Gasteiger partial charge in [0.25, 0.3) is 0 Å². The van der Waals surface area contributed by atoms with Gasteiger partial charge in [-0.3, -0.25) is 4.57 Å². The SMILES string of the molecule is Cc1nc2cccc(-c3nncn3-c3c(-c4ccccc4)cccc3-c3ccccc3)c2o1. The van der Waals surface area contributed by atoms with Crippen LogP contribution in [0.5, 0.6) is 0 Å². The van der Waals surface area contributed by atoms with Crippen molar-refractivity contribution >= 4 is 11.1 Å². The molecule has 0 saturated heterocycles. The fraction of sp³-hybridized carbons (Fsp3) is 0.0357. The van der Waals surface area contributed by atoms with Gasteiger partial charge in [-0.15, -0.1) is 10.2 Å². The van der Waals surface area contributed by atoms with Crippen LogP contribution < -0.4 is 0 Å². The number of benzene rings is 4. The van der Waals surface area contributed by atoms with E-state index >= 15 is 0 Å². The van der Waals surface area contributed by atoms with Gasteiger partial charge in [0.15, 0.2) is 17.3 Å². The molecule has 0 aliphatic carbocycles. The Labute approximate surface area is 191 Å². The molecule has 0 radical (unpaired) electrons. The van der Waals surface area contributed by atoms with E-state index in [0.29, 0.717) is 17.3 Å².